The number of carbonyl (C=O) groups is 1. The molecule has 0 aliphatic heterocycles. The van der Waals surface area contributed by atoms with Gasteiger partial charge in [0, 0.05) is 11.6 Å². The number of nitrogens with one attached hydrogen (secondary N) is 2. The highest BCUT2D eigenvalue weighted by Crippen LogP contribution is 2.21. The molecule has 0 radical (unpaired) electrons. The summed E-state index contributed by atoms with van der Waals surface area (Å²) in [7, 11) is -3.62. The molecule has 1 amide bonds. The van der Waals surface area contributed by atoms with Crippen LogP contribution in [-0.2, 0) is 10.0 Å². The number of benzene rings is 2. The molecule has 29 heavy (non-hydrogen) atoms. The first-order chi connectivity index (χ1) is 13.8. The van der Waals surface area contributed by atoms with Crippen molar-refractivity contribution < 1.29 is 17.9 Å². The molecule has 0 spiro atoms. The van der Waals surface area contributed by atoms with Crippen molar-refractivity contribution in [1.29, 1.82) is 0 Å². The number of ether oxygens (including phenoxy) is 1. The Morgan fingerprint density at radius 1 is 1.07 bits per heavy atom. The van der Waals surface area contributed by atoms with E-state index in [1.165, 1.54) is 12.1 Å². The number of rotatable bonds is 8. The van der Waals surface area contributed by atoms with E-state index in [4.69, 9.17) is 4.74 Å². The van der Waals surface area contributed by atoms with E-state index < -0.39 is 10.0 Å². The van der Waals surface area contributed by atoms with Gasteiger partial charge in [0.1, 0.15) is 12.4 Å². The molecule has 0 heterocycles. The van der Waals surface area contributed by atoms with Crippen LogP contribution in [0.5, 0.6) is 5.75 Å². The number of hydrogen-bond acceptors (Lipinski definition) is 4. The monoisotopic (exact) mass is 416 g/mol. The van der Waals surface area contributed by atoms with Crippen LogP contribution in [0.2, 0.25) is 0 Å². The first kappa shape index (κ1) is 21.3. The maximum Gasteiger partial charge on any atom is 0.251 e. The zero-order valence-corrected chi connectivity index (χ0v) is 17.7. The Kier molecular flexibility index (Phi) is 6.92. The molecule has 7 heteroatoms. The first-order valence-electron chi connectivity index (χ1n) is 9.95. The minimum Gasteiger partial charge on any atom is -0.492 e. The Morgan fingerprint density at radius 3 is 2.45 bits per heavy atom. The normalized spacial score (nSPS) is 14.7. The van der Waals surface area contributed by atoms with Gasteiger partial charge in [-0.15, -0.1) is 0 Å². The lowest BCUT2D eigenvalue weighted by atomic mass is 10.1. The topological polar surface area (TPSA) is 84.5 Å². The van der Waals surface area contributed by atoms with Crippen LogP contribution < -0.4 is 14.8 Å². The predicted molar refractivity (Wildman–Crippen MR) is 113 cm³/mol. The van der Waals surface area contributed by atoms with Gasteiger partial charge in [0.2, 0.25) is 10.0 Å². The van der Waals surface area contributed by atoms with Crippen molar-refractivity contribution in [2.24, 2.45) is 0 Å². The van der Waals surface area contributed by atoms with Crippen molar-refractivity contribution in [1.82, 2.24) is 10.0 Å². The highest BCUT2D eigenvalue weighted by atomic mass is 32.2. The molecule has 156 valence electrons. The Labute approximate surface area is 172 Å². The maximum atomic E-state index is 12.6. The van der Waals surface area contributed by atoms with Crippen LogP contribution in [0.4, 0.5) is 0 Å². The van der Waals surface area contributed by atoms with Crippen LogP contribution in [0, 0.1) is 13.8 Å². The van der Waals surface area contributed by atoms with Crippen molar-refractivity contribution in [3.05, 3.63) is 59.2 Å². The number of sulfonamides is 1. The number of amides is 1. The number of hydrogen-bond donors (Lipinski definition) is 2. The van der Waals surface area contributed by atoms with E-state index in [-0.39, 0.29) is 16.8 Å². The first-order valence-corrected chi connectivity index (χ1v) is 11.4. The van der Waals surface area contributed by atoms with E-state index in [2.05, 4.69) is 16.1 Å². The zero-order valence-electron chi connectivity index (χ0n) is 16.9. The lowest BCUT2D eigenvalue weighted by Crippen LogP contribution is -2.33. The van der Waals surface area contributed by atoms with Crippen LogP contribution in [-0.4, -0.2) is 33.5 Å². The van der Waals surface area contributed by atoms with E-state index in [0.717, 1.165) is 42.6 Å². The highest BCUT2D eigenvalue weighted by Gasteiger charge is 2.23. The molecule has 1 fully saturated rings. The Bertz CT molecular complexity index is 946. The summed E-state index contributed by atoms with van der Waals surface area (Å²) >= 11 is 0. The third kappa shape index (κ3) is 6.05. The lowest BCUT2D eigenvalue weighted by molar-refractivity contribution is 0.0946. The van der Waals surface area contributed by atoms with E-state index in [9.17, 15) is 13.2 Å². The summed E-state index contributed by atoms with van der Waals surface area (Å²) in [5, 5.41) is 2.77. The van der Waals surface area contributed by atoms with Crippen LogP contribution in [0.25, 0.3) is 0 Å². The summed E-state index contributed by atoms with van der Waals surface area (Å²) in [6.45, 7) is 4.66. The number of aryl methyl sites for hydroxylation is 2. The maximum absolute atomic E-state index is 12.6. The van der Waals surface area contributed by atoms with Gasteiger partial charge in [-0.2, -0.15) is 0 Å². The van der Waals surface area contributed by atoms with Crippen molar-refractivity contribution in [2.75, 3.05) is 13.2 Å². The van der Waals surface area contributed by atoms with Gasteiger partial charge < -0.3 is 10.1 Å². The molecule has 0 aromatic heterocycles. The fourth-order valence-electron chi connectivity index (χ4n) is 3.59. The molecule has 6 nitrogen and oxygen atoms in total. The minimum absolute atomic E-state index is 0.0140. The van der Waals surface area contributed by atoms with Gasteiger partial charge in [-0.3, -0.25) is 4.79 Å². The van der Waals surface area contributed by atoms with Crippen LogP contribution in [0.3, 0.4) is 0 Å². The van der Waals surface area contributed by atoms with Gasteiger partial charge in [-0.25, -0.2) is 13.1 Å². The average molecular weight is 417 g/mol. The van der Waals surface area contributed by atoms with Crippen LogP contribution in [0.1, 0.15) is 47.2 Å². The molecule has 3 rings (SSSR count). The molecule has 0 saturated heterocycles. The summed E-state index contributed by atoms with van der Waals surface area (Å²) in [4.78, 5) is 12.5. The van der Waals surface area contributed by atoms with Crippen molar-refractivity contribution in [2.45, 2.75) is 50.5 Å². The molecular formula is C22H28N2O4S. The van der Waals surface area contributed by atoms with Crippen molar-refractivity contribution in [3.63, 3.8) is 0 Å². The largest absolute Gasteiger partial charge is 0.492 e. The van der Waals surface area contributed by atoms with Crippen molar-refractivity contribution in [3.8, 4) is 5.75 Å². The third-order valence-electron chi connectivity index (χ3n) is 4.94. The summed E-state index contributed by atoms with van der Waals surface area (Å²) in [5.74, 6) is 0.440. The number of carbonyl (C=O) groups excluding carboxylic acids is 1. The Balaban J connectivity index is 1.54. The van der Waals surface area contributed by atoms with Gasteiger partial charge in [-0.05, 0) is 68.1 Å². The highest BCUT2D eigenvalue weighted by molar-refractivity contribution is 7.89. The quantitative estimate of drug-likeness (QED) is 0.647. The van der Waals surface area contributed by atoms with E-state index in [0.29, 0.717) is 18.7 Å². The lowest BCUT2D eigenvalue weighted by Gasteiger charge is -2.13. The zero-order chi connectivity index (χ0) is 20.9. The Morgan fingerprint density at radius 2 is 1.76 bits per heavy atom. The molecule has 1 aliphatic carbocycles. The van der Waals surface area contributed by atoms with Crippen molar-refractivity contribution >= 4 is 15.9 Å². The average Bonchev–Trinajstić information content (AvgIpc) is 3.17. The molecule has 0 bridgehead atoms. The molecule has 2 aromatic rings. The molecule has 0 unspecified atom stereocenters. The van der Waals surface area contributed by atoms with Gasteiger partial charge in [-0.1, -0.05) is 25.0 Å². The molecule has 2 aromatic carbocycles. The van der Waals surface area contributed by atoms with Gasteiger partial charge >= 0.3 is 0 Å². The standard InChI is InChI=1S/C22H28N2O4S/c1-16-12-17(2)14-20(13-16)28-11-10-23-22(25)18-6-5-9-21(15-18)29(26,27)24-19-7-3-4-8-19/h5-6,9,12-15,19,24H,3-4,7-8,10-11H2,1-2H3,(H,23,25). The molecule has 0 atom stereocenters. The summed E-state index contributed by atoms with van der Waals surface area (Å²) < 4.78 is 33.6. The summed E-state index contributed by atoms with van der Waals surface area (Å²) in [5.41, 5.74) is 2.55. The van der Waals surface area contributed by atoms with Gasteiger partial charge in [0.25, 0.3) is 5.91 Å². The summed E-state index contributed by atoms with van der Waals surface area (Å²) in [6.07, 6.45) is 3.80. The SMILES string of the molecule is Cc1cc(C)cc(OCCNC(=O)c2cccc(S(=O)(=O)NC3CCCC3)c2)c1. The molecular weight excluding hydrogens is 388 g/mol. The van der Waals surface area contributed by atoms with Gasteiger partial charge in [0.05, 0.1) is 11.4 Å². The van der Waals surface area contributed by atoms with Gasteiger partial charge in [0.15, 0.2) is 0 Å². The molecule has 2 N–H and O–H groups in total. The molecule has 1 aliphatic rings. The fourth-order valence-corrected chi connectivity index (χ4v) is 4.94. The third-order valence-corrected chi connectivity index (χ3v) is 6.45. The Hall–Kier alpha value is -2.38. The van der Waals surface area contributed by atoms with E-state index in [1.807, 2.05) is 26.0 Å². The van der Waals surface area contributed by atoms with E-state index >= 15 is 0 Å². The minimum atomic E-state index is -3.62. The van der Waals surface area contributed by atoms with E-state index in [1.54, 1.807) is 12.1 Å². The second kappa shape index (κ2) is 9.41. The van der Waals surface area contributed by atoms with Crippen LogP contribution in [0.15, 0.2) is 47.4 Å². The second-order valence-electron chi connectivity index (χ2n) is 7.56. The fraction of sp³-hybridized carbons (Fsp3) is 0.409. The smallest absolute Gasteiger partial charge is 0.251 e. The second-order valence-corrected chi connectivity index (χ2v) is 9.27. The summed E-state index contributed by atoms with van der Waals surface area (Å²) in [6, 6.07) is 12.1. The molecule has 1 saturated carbocycles. The van der Waals surface area contributed by atoms with Crippen LogP contribution >= 0.6 is 0 Å². The predicted octanol–water partition coefficient (Wildman–Crippen LogP) is 3.33.